The summed E-state index contributed by atoms with van der Waals surface area (Å²) in [7, 11) is 0. The van der Waals surface area contributed by atoms with Crippen molar-refractivity contribution < 1.29 is 9.32 Å². The van der Waals surface area contributed by atoms with Gasteiger partial charge >= 0.3 is 0 Å². The first-order valence-electron chi connectivity index (χ1n) is 5.79. The molecule has 1 aromatic heterocycles. The largest absolute Gasteiger partial charge is 0.355 e. The van der Waals surface area contributed by atoms with Gasteiger partial charge < -0.3 is 15.6 Å². The maximum absolute atomic E-state index is 11.9. The summed E-state index contributed by atoms with van der Waals surface area (Å²) in [5.41, 5.74) is 5.11. The number of nitrogens with two attached hydrogens (primary N) is 1. The van der Waals surface area contributed by atoms with Crippen LogP contribution in [0.4, 0.5) is 0 Å². The molecule has 0 aliphatic heterocycles. The second-order valence-corrected chi connectivity index (χ2v) is 4.35. The molecule has 17 heavy (non-hydrogen) atoms. The third-order valence-electron chi connectivity index (χ3n) is 2.98. The average molecular weight is 240 g/mol. The van der Waals surface area contributed by atoms with Gasteiger partial charge in [0, 0.05) is 26.4 Å². The first-order chi connectivity index (χ1) is 8.01. The summed E-state index contributed by atoms with van der Waals surface area (Å²) in [5.74, 6) is 1.11. The number of rotatable bonds is 6. The van der Waals surface area contributed by atoms with Crippen molar-refractivity contribution >= 4 is 5.91 Å². The van der Waals surface area contributed by atoms with Gasteiger partial charge in [-0.25, -0.2) is 0 Å². The summed E-state index contributed by atoms with van der Waals surface area (Å²) >= 11 is 0. The van der Waals surface area contributed by atoms with Gasteiger partial charge in [0.25, 0.3) is 0 Å². The van der Waals surface area contributed by atoms with E-state index in [9.17, 15) is 4.79 Å². The number of aromatic nitrogens is 2. The van der Waals surface area contributed by atoms with E-state index in [0.29, 0.717) is 31.2 Å². The van der Waals surface area contributed by atoms with E-state index in [1.165, 1.54) is 0 Å². The zero-order chi connectivity index (χ0) is 12.9. The van der Waals surface area contributed by atoms with Crippen LogP contribution >= 0.6 is 0 Å². The monoisotopic (exact) mass is 240 g/mol. The van der Waals surface area contributed by atoms with Gasteiger partial charge in [0.2, 0.25) is 11.8 Å². The molecule has 0 radical (unpaired) electrons. The zero-order valence-electron chi connectivity index (χ0n) is 10.6. The molecule has 0 aliphatic rings. The molecule has 6 heteroatoms. The van der Waals surface area contributed by atoms with Crippen molar-refractivity contribution in [2.45, 2.75) is 33.6 Å². The molecular weight excluding hydrogens is 220 g/mol. The molecule has 1 heterocycles. The zero-order valence-corrected chi connectivity index (χ0v) is 10.6. The highest BCUT2D eigenvalue weighted by molar-refractivity contribution is 5.82. The van der Waals surface area contributed by atoms with Gasteiger partial charge in [0.1, 0.15) is 0 Å². The first-order valence-corrected chi connectivity index (χ1v) is 5.79. The quantitative estimate of drug-likeness (QED) is 0.751. The van der Waals surface area contributed by atoms with E-state index < -0.39 is 5.41 Å². The fourth-order valence-corrected chi connectivity index (χ4v) is 1.34. The highest BCUT2D eigenvalue weighted by Crippen LogP contribution is 2.18. The standard InChI is InChI=1S/C11H20N4O2/c1-4-11(3,7-12)10(16)13-6-5-9-14-8(2)17-15-9/h4-7,12H2,1-3H3,(H,13,16). The summed E-state index contributed by atoms with van der Waals surface area (Å²) in [4.78, 5) is 15.9. The van der Waals surface area contributed by atoms with Crippen molar-refractivity contribution in [2.75, 3.05) is 13.1 Å². The summed E-state index contributed by atoms with van der Waals surface area (Å²) < 4.78 is 4.84. The van der Waals surface area contributed by atoms with Gasteiger partial charge in [0.05, 0.1) is 5.41 Å². The second-order valence-electron chi connectivity index (χ2n) is 4.35. The Morgan fingerprint density at radius 2 is 2.29 bits per heavy atom. The van der Waals surface area contributed by atoms with Gasteiger partial charge in [-0.3, -0.25) is 4.79 Å². The maximum atomic E-state index is 11.9. The lowest BCUT2D eigenvalue weighted by molar-refractivity contribution is -0.129. The van der Waals surface area contributed by atoms with E-state index in [0.717, 1.165) is 6.42 Å². The number of hydrogen-bond donors (Lipinski definition) is 2. The van der Waals surface area contributed by atoms with Gasteiger partial charge in [-0.2, -0.15) is 4.98 Å². The Kier molecular flexibility index (Phi) is 4.62. The van der Waals surface area contributed by atoms with Crippen LogP contribution in [0.25, 0.3) is 0 Å². The van der Waals surface area contributed by atoms with Crippen LogP contribution in [0.1, 0.15) is 32.0 Å². The van der Waals surface area contributed by atoms with Crippen molar-refractivity contribution in [1.82, 2.24) is 15.5 Å². The minimum absolute atomic E-state index is 0.0253. The molecule has 1 atom stereocenters. The lowest BCUT2D eigenvalue weighted by atomic mass is 9.87. The number of nitrogens with one attached hydrogen (secondary N) is 1. The SMILES string of the molecule is CCC(C)(CN)C(=O)NCCc1noc(C)n1. The molecule has 1 rings (SSSR count). The van der Waals surface area contributed by atoms with Gasteiger partial charge in [-0.05, 0) is 13.3 Å². The fourth-order valence-electron chi connectivity index (χ4n) is 1.34. The molecule has 0 bridgehead atoms. The second kappa shape index (κ2) is 5.77. The van der Waals surface area contributed by atoms with Crippen molar-refractivity contribution in [3.63, 3.8) is 0 Å². The third-order valence-corrected chi connectivity index (χ3v) is 2.98. The highest BCUT2D eigenvalue weighted by atomic mass is 16.5. The number of nitrogens with zero attached hydrogens (tertiary/aromatic N) is 2. The lowest BCUT2D eigenvalue weighted by Gasteiger charge is -2.24. The molecule has 0 saturated heterocycles. The lowest BCUT2D eigenvalue weighted by Crippen LogP contribution is -2.44. The summed E-state index contributed by atoms with van der Waals surface area (Å²) in [6.45, 7) is 6.39. The summed E-state index contributed by atoms with van der Waals surface area (Å²) in [5, 5.41) is 6.60. The van der Waals surface area contributed by atoms with Crippen LogP contribution in [-0.4, -0.2) is 29.1 Å². The molecule has 0 spiro atoms. The smallest absolute Gasteiger partial charge is 0.227 e. The summed E-state index contributed by atoms with van der Waals surface area (Å²) in [6, 6.07) is 0. The molecule has 0 saturated carbocycles. The molecule has 0 aromatic carbocycles. The van der Waals surface area contributed by atoms with Crippen LogP contribution < -0.4 is 11.1 Å². The Bertz CT molecular complexity index is 371. The van der Waals surface area contributed by atoms with Crippen LogP contribution in [0.3, 0.4) is 0 Å². The van der Waals surface area contributed by atoms with Crippen LogP contribution in [0.5, 0.6) is 0 Å². The Hall–Kier alpha value is -1.43. The molecule has 1 aromatic rings. The third kappa shape index (κ3) is 3.52. The van der Waals surface area contributed by atoms with E-state index >= 15 is 0 Å². The molecule has 6 nitrogen and oxygen atoms in total. The molecule has 0 fully saturated rings. The number of carbonyl (C=O) groups is 1. The minimum Gasteiger partial charge on any atom is -0.355 e. The number of carbonyl (C=O) groups excluding carboxylic acids is 1. The first kappa shape index (κ1) is 13.6. The van der Waals surface area contributed by atoms with Crippen molar-refractivity contribution in [2.24, 2.45) is 11.1 Å². The van der Waals surface area contributed by atoms with Gasteiger partial charge in [-0.1, -0.05) is 12.1 Å². The van der Waals surface area contributed by atoms with Crippen LogP contribution in [-0.2, 0) is 11.2 Å². The molecular formula is C11H20N4O2. The molecule has 3 N–H and O–H groups in total. The molecule has 96 valence electrons. The number of hydrogen-bond acceptors (Lipinski definition) is 5. The summed E-state index contributed by atoms with van der Waals surface area (Å²) in [6.07, 6.45) is 1.28. The van der Waals surface area contributed by atoms with Crippen molar-refractivity contribution in [3.05, 3.63) is 11.7 Å². The fraction of sp³-hybridized carbons (Fsp3) is 0.727. The van der Waals surface area contributed by atoms with E-state index in [-0.39, 0.29) is 5.91 Å². The average Bonchev–Trinajstić information content (AvgIpc) is 2.74. The Labute approximate surface area is 101 Å². The van der Waals surface area contributed by atoms with E-state index in [1.807, 2.05) is 13.8 Å². The van der Waals surface area contributed by atoms with Crippen LogP contribution in [0.15, 0.2) is 4.52 Å². The molecule has 1 unspecified atom stereocenters. The van der Waals surface area contributed by atoms with Crippen molar-refractivity contribution in [1.29, 1.82) is 0 Å². The van der Waals surface area contributed by atoms with Gasteiger partial charge in [0.15, 0.2) is 5.82 Å². The normalized spacial score (nSPS) is 14.4. The van der Waals surface area contributed by atoms with E-state index in [1.54, 1.807) is 6.92 Å². The predicted octanol–water partition coefficient (Wildman–Crippen LogP) is 0.412. The van der Waals surface area contributed by atoms with Crippen molar-refractivity contribution in [3.8, 4) is 0 Å². The number of amides is 1. The Morgan fingerprint density at radius 1 is 1.59 bits per heavy atom. The topological polar surface area (TPSA) is 94.0 Å². The Balaban J connectivity index is 2.38. The molecule has 0 aliphatic carbocycles. The van der Waals surface area contributed by atoms with Gasteiger partial charge in [-0.15, -0.1) is 0 Å². The maximum Gasteiger partial charge on any atom is 0.227 e. The highest BCUT2D eigenvalue weighted by Gasteiger charge is 2.29. The van der Waals surface area contributed by atoms with Crippen LogP contribution in [0.2, 0.25) is 0 Å². The van der Waals surface area contributed by atoms with E-state index in [2.05, 4.69) is 15.5 Å². The number of aryl methyl sites for hydroxylation is 1. The molecule has 1 amide bonds. The Morgan fingerprint density at radius 3 is 2.76 bits per heavy atom. The van der Waals surface area contributed by atoms with E-state index in [4.69, 9.17) is 10.3 Å². The predicted molar refractivity (Wildman–Crippen MR) is 63.2 cm³/mol. The van der Waals surface area contributed by atoms with Crippen LogP contribution in [0, 0.1) is 12.3 Å². The minimum atomic E-state index is -0.493.